The fourth-order valence-corrected chi connectivity index (χ4v) is 1.52. The summed E-state index contributed by atoms with van der Waals surface area (Å²) >= 11 is 3.03. The van der Waals surface area contributed by atoms with Crippen molar-refractivity contribution in [3.63, 3.8) is 0 Å². The molecule has 1 rings (SSSR count). The van der Waals surface area contributed by atoms with Gasteiger partial charge < -0.3 is 15.0 Å². The van der Waals surface area contributed by atoms with Crippen molar-refractivity contribution in [3.05, 3.63) is 20.8 Å². The Bertz CT molecular complexity index is 415. The number of hydrogen-bond donors (Lipinski definition) is 0. The van der Waals surface area contributed by atoms with E-state index in [-0.39, 0.29) is 18.1 Å². The number of rotatable bonds is 4. The summed E-state index contributed by atoms with van der Waals surface area (Å²) < 4.78 is 1.69. The van der Waals surface area contributed by atoms with E-state index in [0.717, 1.165) is 0 Å². The summed E-state index contributed by atoms with van der Waals surface area (Å²) in [7, 11) is 3.31. The Morgan fingerprint density at radius 3 is 2.75 bits per heavy atom. The second kappa shape index (κ2) is 5.06. The molecule has 0 aliphatic carbocycles. The van der Waals surface area contributed by atoms with Crippen molar-refractivity contribution in [1.82, 2.24) is 14.7 Å². The van der Waals surface area contributed by atoms with Crippen molar-refractivity contribution in [2.24, 2.45) is 0 Å². The zero-order valence-corrected chi connectivity index (χ0v) is 10.5. The summed E-state index contributed by atoms with van der Waals surface area (Å²) in [6.45, 7) is 0.323. The number of nitro groups is 1. The largest absolute Gasteiger partial charge is 0.404 e. The first-order valence-corrected chi connectivity index (χ1v) is 5.28. The van der Waals surface area contributed by atoms with Crippen molar-refractivity contribution in [1.29, 1.82) is 0 Å². The van der Waals surface area contributed by atoms with Crippen LogP contribution in [-0.4, -0.2) is 39.6 Å². The Balaban J connectivity index is 2.65. The summed E-state index contributed by atoms with van der Waals surface area (Å²) in [5, 5.41) is 14.2. The predicted octanol–water partition coefficient (Wildman–Crippen LogP) is 1.03. The van der Waals surface area contributed by atoms with Crippen LogP contribution in [0.4, 0.5) is 5.82 Å². The van der Waals surface area contributed by atoms with E-state index in [1.54, 1.807) is 14.1 Å². The molecule has 1 heterocycles. The smallest absolute Gasteiger partial charge is 0.358 e. The van der Waals surface area contributed by atoms with E-state index in [2.05, 4.69) is 21.0 Å². The monoisotopic (exact) mass is 290 g/mol. The van der Waals surface area contributed by atoms with Gasteiger partial charge in [0.1, 0.15) is 4.47 Å². The van der Waals surface area contributed by atoms with Gasteiger partial charge in [0.25, 0.3) is 0 Å². The molecule has 0 fully saturated rings. The third kappa shape index (κ3) is 3.02. The summed E-state index contributed by atoms with van der Waals surface area (Å²) in [6.07, 6.45) is 1.75. The normalized spacial score (nSPS) is 10.2. The topological polar surface area (TPSA) is 81.3 Å². The molecule has 0 N–H and O–H groups in total. The molecule has 88 valence electrons. The number of aromatic nitrogens is 2. The molecular formula is C8H11BrN4O3. The molecule has 0 aromatic carbocycles. The second-order valence-corrected chi connectivity index (χ2v) is 4.21. The Kier molecular flexibility index (Phi) is 3.99. The molecule has 0 aliphatic heterocycles. The number of carbonyl (C=O) groups is 1. The third-order valence-corrected chi connectivity index (χ3v) is 2.49. The fourth-order valence-electron chi connectivity index (χ4n) is 1.06. The first-order chi connectivity index (χ1) is 7.41. The van der Waals surface area contributed by atoms with E-state index in [0.29, 0.717) is 11.0 Å². The summed E-state index contributed by atoms with van der Waals surface area (Å²) in [4.78, 5) is 22.7. The Morgan fingerprint density at radius 1 is 1.69 bits per heavy atom. The van der Waals surface area contributed by atoms with E-state index >= 15 is 0 Å². The van der Waals surface area contributed by atoms with Crippen LogP contribution in [0.1, 0.15) is 6.42 Å². The van der Waals surface area contributed by atoms with Crippen LogP contribution in [0, 0.1) is 10.1 Å². The standard InChI is InChI=1S/C8H11BrN4O3/c1-11(2)7(14)3-4-12-5-6(9)8(10-12)13(15)16/h5H,3-4H2,1-2H3. The molecule has 16 heavy (non-hydrogen) atoms. The third-order valence-electron chi connectivity index (χ3n) is 1.93. The lowest BCUT2D eigenvalue weighted by atomic mass is 10.4. The highest BCUT2D eigenvalue weighted by Gasteiger charge is 2.18. The average Bonchev–Trinajstić information content (AvgIpc) is 2.56. The molecule has 1 aromatic rings. The van der Waals surface area contributed by atoms with Gasteiger partial charge in [-0.15, -0.1) is 0 Å². The molecule has 0 atom stereocenters. The molecule has 1 aromatic heterocycles. The molecule has 0 bridgehead atoms. The van der Waals surface area contributed by atoms with E-state index < -0.39 is 4.92 Å². The molecule has 1 amide bonds. The number of amides is 1. The van der Waals surface area contributed by atoms with Crippen LogP contribution in [0.25, 0.3) is 0 Å². The minimum absolute atomic E-state index is 0.0470. The lowest BCUT2D eigenvalue weighted by molar-refractivity contribution is -0.390. The van der Waals surface area contributed by atoms with E-state index in [1.807, 2.05) is 0 Å². The molecule has 0 radical (unpaired) electrons. The predicted molar refractivity (Wildman–Crippen MR) is 59.9 cm³/mol. The van der Waals surface area contributed by atoms with Crippen molar-refractivity contribution in [3.8, 4) is 0 Å². The van der Waals surface area contributed by atoms with Crippen molar-refractivity contribution in [2.45, 2.75) is 13.0 Å². The zero-order chi connectivity index (χ0) is 12.3. The van der Waals surface area contributed by atoms with Gasteiger partial charge in [-0.2, -0.15) is 4.68 Å². The SMILES string of the molecule is CN(C)C(=O)CCn1cc(Br)c([N+](=O)[O-])n1. The number of carbonyl (C=O) groups excluding carboxylic acids is 1. The van der Waals surface area contributed by atoms with Crippen LogP contribution < -0.4 is 0 Å². The van der Waals surface area contributed by atoms with Crippen LogP contribution in [0.5, 0.6) is 0 Å². The van der Waals surface area contributed by atoms with Gasteiger partial charge >= 0.3 is 5.82 Å². The van der Waals surface area contributed by atoms with E-state index in [9.17, 15) is 14.9 Å². The molecule has 0 unspecified atom stereocenters. The van der Waals surface area contributed by atoms with Gasteiger partial charge in [-0.3, -0.25) is 4.79 Å². The van der Waals surface area contributed by atoms with Gasteiger partial charge in [0.2, 0.25) is 5.91 Å². The number of aryl methyl sites for hydroxylation is 1. The van der Waals surface area contributed by atoms with Crippen molar-refractivity contribution in [2.75, 3.05) is 14.1 Å². The van der Waals surface area contributed by atoms with E-state index in [4.69, 9.17) is 0 Å². The highest BCUT2D eigenvalue weighted by atomic mass is 79.9. The molecule has 0 aliphatic rings. The second-order valence-electron chi connectivity index (χ2n) is 3.36. The van der Waals surface area contributed by atoms with Gasteiger partial charge in [0.15, 0.2) is 0 Å². The first kappa shape index (κ1) is 12.6. The summed E-state index contributed by atoms with van der Waals surface area (Å²) in [5.74, 6) is -0.286. The van der Waals surface area contributed by atoms with Gasteiger partial charge in [0, 0.05) is 20.5 Å². The molecular weight excluding hydrogens is 280 g/mol. The number of nitrogens with zero attached hydrogens (tertiary/aromatic N) is 4. The van der Waals surface area contributed by atoms with Gasteiger partial charge in [0.05, 0.1) is 17.8 Å². The first-order valence-electron chi connectivity index (χ1n) is 4.49. The molecule has 7 nitrogen and oxygen atoms in total. The summed E-state index contributed by atoms with van der Waals surface area (Å²) in [5.41, 5.74) is 0. The molecule has 0 saturated heterocycles. The number of halogens is 1. The minimum atomic E-state index is -0.575. The van der Waals surface area contributed by atoms with Crippen LogP contribution >= 0.6 is 15.9 Å². The highest BCUT2D eigenvalue weighted by Crippen LogP contribution is 2.21. The van der Waals surface area contributed by atoms with E-state index in [1.165, 1.54) is 15.8 Å². The quantitative estimate of drug-likeness (QED) is 0.613. The average molecular weight is 291 g/mol. The molecule has 0 spiro atoms. The maximum Gasteiger partial charge on any atom is 0.404 e. The van der Waals surface area contributed by atoms with Crippen molar-refractivity contribution >= 4 is 27.7 Å². The number of hydrogen-bond acceptors (Lipinski definition) is 4. The lowest BCUT2D eigenvalue weighted by Gasteiger charge is -2.08. The highest BCUT2D eigenvalue weighted by molar-refractivity contribution is 9.10. The maximum atomic E-state index is 11.3. The van der Waals surface area contributed by atoms with Gasteiger partial charge in [-0.05, 0) is 20.9 Å². The molecule has 0 saturated carbocycles. The van der Waals surface area contributed by atoms with Crippen LogP contribution in [-0.2, 0) is 11.3 Å². The Labute approximate surface area is 100 Å². The van der Waals surface area contributed by atoms with Crippen molar-refractivity contribution < 1.29 is 9.72 Å². The Hall–Kier alpha value is -1.44. The zero-order valence-electron chi connectivity index (χ0n) is 8.88. The van der Waals surface area contributed by atoms with Crippen LogP contribution in [0.2, 0.25) is 0 Å². The lowest BCUT2D eigenvalue weighted by Crippen LogP contribution is -2.22. The van der Waals surface area contributed by atoms with Crippen LogP contribution in [0.15, 0.2) is 10.7 Å². The van der Waals surface area contributed by atoms with Crippen LogP contribution in [0.3, 0.4) is 0 Å². The Morgan fingerprint density at radius 2 is 2.31 bits per heavy atom. The fraction of sp³-hybridized carbons (Fsp3) is 0.500. The van der Waals surface area contributed by atoms with Gasteiger partial charge in [-0.25, -0.2) is 0 Å². The minimum Gasteiger partial charge on any atom is -0.358 e. The summed E-state index contributed by atoms with van der Waals surface area (Å²) in [6, 6.07) is 0. The van der Waals surface area contributed by atoms with Gasteiger partial charge in [-0.1, -0.05) is 0 Å². The molecule has 8 heteroatoms. The maximum absolute atomic E-state index is 11.3.